The Labute approximate surface area is 159 Å². The highest BCUT2D eigenvalue weighted by molar-refractivity contribution is 5.57. The summed E-state index contributed by atoms with van der Waals surface area (Å²) in [6.45, 7) is 8.46. The van der Waals surface area contributed by atoms with Crippen molar-refractivity contribution >= 4 is 17.5 Å². The van der Waals surface area contributed by atoms with Gasteiger partial charge in [-0.2, -0.15) is 10.2 Å². The van der Waals surface area contributed by atoms with Gasteiger partial charge in [0.25, 0.3) is 0 Å². The molecule has 0 radical (unpaired) electrons. The molecule has 0 aromatic carbocycles. The maximum atomic E-state index is 9.28. The van der Waals surface area contributed by atoms with Crippen molar-refractivity contribution in [3.8, 4) is 6.07 Å². The predicted octanol–water partition coefficient (Wildman–Crippen LogP) is 1.21. The first-order chi connectivity index (χ1) is 13.2. The van der Waals surface area contributed by atoms with E-state index in [1.165, 1.54) is 0 Å². The number of ether oxygens (including phenoxy) is 1. The normalized spacial score (nSPS) is 17.7. The molecule has 2 aliphatic heterocycles. The number of hydrogen-bond acceptors (Lipinski definition) is 8. The molecule has 8 nitrogen and oxygen atoms in total. The largest absolute Gasteiger partial charge is 0.378 e. The van der Waals surface area contributed by atoms with Crippen molar-refractivity contribution in [2.24, 2.45) is 0 Å². The predicted molar refractivity (Wildman–Crippen MR) is 103 cm³/mol. The van der Waals surface area contributed by atoms with Crippen molar-refractivity contribution in [3.63, 3.8) is 0 Å². The van der Waals surface area contributed by atoms with E-state index in [4.69, 9.17) is 9.72 Å². The fraction of sp³-hybridized carbons (Fsp3) is 0.474. The van der Waals surface area contributed by atoms with E-state index < -0.39 is 0 Å². The van der Waals surface area contributed by atoms with Gasteiger partial charge in [0.2, 0.25) is 5.95 Å². The molecule has 0 saturated carbocycles. The smallest absolute Gasteiger partial charge is 0.227 e. The van der Waals surface area contributed by atoms with Gasteiger partial charge < -0.3 is 19.4 Å². The molecule has 4 rings (SSSR count). The zero-order valence-corrected chi connectivity index (χ0v) is 15.5. The van der Waals surface area contributed by atoms with E-state index in [-0.39, 0.29) is 0 Å². The van der Waals surface area contributed by atoms with Crippen LogP contribution in [0, 0.1) is 18.3 Å². The van der Waals surface area contributed by atoms with E-state index in [0.717, 1.165) is 75.6 Å². The lowest BCUT2D eigenvalue weighted by Crippen LogP contribution is -2.47. The van der Waals surface area contributed by atoms with Crippen LogP contribution in [0.1, 0.15) is 11.4 Å². The van der Waals surface area contributed by atoms with Crippen LogP contribution in [0.4, 0.5) is 17.5 Å². The summed E-state index contributed by atoms with van der Waals surface area (Å²) in [6.07, 6.45) is 1.66. The van der Waals surface area contributed by atoms with Crippen molar-refractivity contribution < 1.29 is 4.74 Å². The van der Waals surface area contributed by atoms with Crippen molar-refractivity contribution in [2.45, 2.75) is 6.92 Å². The first-order valence-corrected chi connectivity index (χ1v) is 9.28. The standard InChI is InChI=1S/C19H23N7O/c1-15-13-18(25-9-11-27-12-10-25)23-19(22-15)26-7-5-24(6-8-26)17-3-2-4-21-16(17)14-20/h2-4,13H,5-12H2,1H3. The van der Waals surface area contributed by atoms with Crippen molar-refractivity contribution in [1.82, 2.24) is 15.0 Å². The summed E-state index contributed by atoms with van der Waals surface area (Å²) in [5.41, 5.74) is 2.36. The molecule has 27 heavy (non-hydrogen) atoms. The number of pyridine rings is 1. The van der Waals surface area contributed by atoms with Gasteiger partial charge in [-0.15, -0.1) is 0 Å². The summed E-state index contributed by atoms with van der Waals surface area (Å²) in [7, 11) is 0. The van der Waals surface area contributed by atoms with E-state index >= 15 is 0 Å². The maximum Gasteiger partial charge on any atom is 0.227 e. The first-order valence-electron chi connectivity index (χ1n) is 9.28. The number of aryl methyl sites for hydroxylation is 1. The number of hydrogen-bond donors (Lipinski definition) is 0. The topological polar surface area (TPSA) is 81.4 Å². The average Bonchev–Trinajstić information content (AvgIpc) is 2.74. The number of nitriles is 1. The van der Waals surface area contributed by atoms with Crippen molar-refractivity contribution in [1.29, 1.82) is 5.26 Å². The summed E-state index contributed by atoms with van der Waals surface area (Å²) in [4.78, 5) is 20.3. The third kappa shape index (κ3) is 3.78. The van der Waals surface area contributed by atoms with Gasteiger partial charge in [-0.05, 0) is 19.1 Å². The highest BCUT2D eigenvalue weighted by Crippen LogP contribution is 2.23. The number of anilines is 3. The molecule has 0 aliphatic carbocycles. The summed E-state index contributed by atoms with van der Waals surface area (Å²) in [5.74, 6) is 1.75. The Hall–Kier alpha value is -2.92. The highest BCUT2D eigenvalue weighted by atomic mass is 16.5. The number of piperazine rings is 1. The molecule has 8 heteroatoms. The van der Waals surface area contributed by atoms with Crippen molar-refractivity contribution in [2.75, 3.05) is 67.2 Å². The van der Waals surface area contributed by atoms with Crippen LogP contribution in [0.25, 0.3) is 0 Å². The van der Waals surface area contributed by atoms with Gasteiger partial charge in [-0.3, -0.25) is 0 Å². The van der Waals surface area contributed by atoms with Crippen LogP contribution in [0.2, 0.25) is 0 Å². The lowest BCUT2D eigenvalue weighted by molar-refractivity contribution is 0.122. The van der Waals surface area contributed by atoms with Gasteiger partial charge in [0.15, 0.2) is 5.69 Å². The highest BCUT2D eigenvalue weighted by Gasteiger charge is 2.23. The Morgan fingerprint density at radius 2 is 1.74 bits per heavy atom. The monoisotopic (exact) mass is 365 g/mol. The molecule has 0 unspecified atom stereocenters. The molecule has 0 atom stereocenters. The Kier molecular flexibility index (Phi) is 5.03. The molecular formula is C19H23N7O. The molecule has 0 N–H and O–H groups in total. The van der Waals surface area contributed by atoms with Gasteiger partial charge in [-0.25, -0.2) is 9.97 Å². The van der Waals surface area contributed by atoms with E-state index in [0.29, 0.717) is 5.69 Å². The second-order valence-electron chi connectivity index (χ2n) is 6.72. The number of morpholine rings is 1. The van der Waals surface area contributed by atoms with Crippen LogP contribution in [0.5, 0.6) is 0 Å². The third-order valence-corrected chi connectivity index (χ3v) is 4.96. The van der Waals surface area contributed by atoms with Crippen LogP contribution in [0.15, 0.2) is 24.4 Å². The van der Waals surface area contributed by atoms with Crippen LogP contribution < -0.4 is 14.7 Å². The summed E-state index contributed by atoms with van der Waals surface area (Å²) < 4.78 is 5.44. The zero-order valence-electron chi connectivity index (χ0n) is 15.5. The van der Waals surface area contributed by atoms with Gasteiger partial charge in [-0.1, -0.05) is 0 Å². The molecule has 2 aromatic heterocycles. The summed E-state index contributed by atoms with van der Waals surface area (Å²) in [5, 5.41) is 9.28. The minimum absolute atomic E-state index is 0.479. The lowest BCUT2D eigenvalue weighted by atomic mass is 10.2. The van der Waals surface area contributed by atoms with Gasteiger partial charge in [0.05, 0.1) is 18.9 Å². The fourth-order valence-electron chi connectivity index (χ4n) is 3.52. The number of rotatable bonds is 3. The molecule has 2 aromatic rings. The number of nitrogens with zero attached hydrogens (tertiary/aromatic N) is 7. The Morgan fingerprint density at radius 3 is 2.48 bits per heavy atom. The second kappa shape index (κ2) is 7.76. The average molecular weight is 365 g/mol. The Balaban J connectivity index is 1.48. The molecule has 0 bridgehead atoms. The van der Waals surface area contributed by atoms with E-state index in [1.807, 2.05) is 25.1 Å². The van der Waals surface area contributed by atoms with E-state index in [2.05, 4.69) is 30.7 Å². The lowest BCUT2D eigenvalue weighted by Gasteiger charge is -2.36. The van der Waals surface area contributed by atoms with Crippen LogP contribution >= 0.6 is 0 Å². The maximum absolute atomic E-state index is 9.28. The molecule has 2 fully saturated rings. The summed E-state index contributed by atoms with van der Waals surface area (Å²) >= 11 is 0. The Morgan fingerprint density at radius 1 is 1.00 bits per heavy atom. The SMILES string of the molecule is Cc1cc(N2CCOCC2)nc(N2CCN(c3cccnc3C#N)CC2)n1. The van der Waals surface area contributed by atoms with Gasteiger partial charge in [0.1, 0.15) is 11.9 Å². The molecular weight excluding hydrogens is 342 g/mol. The molecule has 140 valence electrons. The first kappa shape index (κ1) is 17.5. The molecule has 0 spiro atoms. The molecule has 0 amide bonds. The zero-order chi connectivity index (χ0) is 18.6. The second-order valence-corrected chi connectivity index (χ2v) is 6.72. The van der Waals surface area contributed by atoms with Crippen LogP contribution in [0.3, 0.4) is 0 Å². The van der Waals surface area contributed by atoms with Crippen LogP contribution in [-0.4, -0.2) is 67.4 Å². The van der Waals surface area contributed by atoms with Crippen LogP contribution in [-0.2, 0) is 4.74 Å². The fourth-order valence-corrected chi connectivity index (χ4v) is 3.52. The van der Waals surface area contributed by atoms with E-state index in [1.54, 1.807) is 6.20 Å². The molecule has 2 aliphatic rings. The third-order valence-electron chi connectivity index (χ3n) is 4.96. The quantitative estimate of drug-likeness (QED) is 0.803. The summed E-state index contributed by atoms with van der Waals surface area (Å²) in [6, 6.07) is 8.06. The number of aromatic nitrogens is 3. The minimum atomic E-state index is 0.479. The van der Waals surface area contributed by atoms with Gasteiger partial charge >= 0.3 is 0 Å². The Bertz CT molecular complexity index is 836. The minimum Gasteiger partial charge on any atom is -0.378 e. The van der Waals surface area contributed by atoms with Crippen molar-refractivity contribution in [3.05, 3.63) is 35.8 Å². The van der Waals surface area contributed by atoms with Gasteiger partial charge in [0, 0.05) is 57.2 Å². The molecule has 2 saturated heterocycles. The molecule has 4 heterocycles. The van der Waals surface area contributed by atoms with E-state index in [9.17, 15) is 5.26 Å².